The highest BCUT2D eigenvalue weighted by atomic mass is 16.5. The van der Waals surface area contributed by atoms with Gasteiger partial charge in [0.25, 0.3) is 0 Å². The summed E-state index contributed by atoms with van der Waals surface area (Å²) in [6.45, 7) is 9.45. The molecule has 190 valence electrons. The molecule has 3 aromatic rings. The fraction of sp³-hybridized carbons (Fsp3) is 0.194. The zero-order valence-corrected chi connectivity index (χ0v) is 21.4. The second kappa shape index (κ2) is 12.0. The van der Waals surface area contributed by atoms with Gasteiger partial charge in [0, 0.05) is 29.2 Å². The Morgan fingerprint density at radius 2 is 1.81 bits per heavy atom. The van der Waals surface area contributed by atoms with Gasteiger partial charge in [-0.05, 0) is 51.0 Å². The summed E-state index contributed by atoms with van der Waals surface area (Å²) in [5.41, 5.74) is 3.51. The van der Waals surface area contributed by atoms with Crippen LogP contribution in [0.5, 0.6) is 11.5 Å². The molecule has 1 aliphatic carbocycles. The third kappa shape index (κ3) is 6.41. The molecule has 37 heavy (non-hydrogen) atoms. The maximum absolute atomic E-state index is 12.0. The first-order chi connectivity index (χ1) is 17.7. The molecule has 4 rings (SSSR count). The number of hydrogen-bond acceptors (Lipinski definition) is 6. The molecule has 2 aromatic carbocycles. The van der Waals surface area contributed by atoms with Crippen molar-refractivity contribution in [2.75, 3.05) is 7.11 Å². The van der Waals surface area contributed by atoms with Gasteiger partial charge >= 0.3 is 0 Å². The summed E-state index contributed by atoms with van der Waals surface area (Å²) >= 11 is 0. The number of rotatable bonds is 6. The molecule has 1 heterocycles. The van der Waals surface area contributed by atoms with E-state index < -0.39 is 0 Å². The summed E-state index contributed by atoms with van der Waals surface area (Å²) in [5.74, 6) is 0.403. The Morgan fingerprint density at radius 1 is 1.11 bits per heavy atom. The molecular weight excluding hydrogens is 468 g/mol. The summed E-state index contributed by atoms with van der Waals surface area (Å²) in [6.07, 6.45) is 8.28. The number of allylic oxidation sites excluding steroid dienone is 7. The Labute approximate surface area is 215 Å². The van der Waals surface area contributed by atoms with E-state index >= 15 is 0 Å². The molecular formula is C31H30O6. The highest BCUT2D eigenvalue weighted by Gasteiger charge is 2.21. The molecule has 1 unspecified atom stereocenters. The normalized spacial score (nSPS) is 13.4. The van der Waals surface area contributed by atoms with Crippen molar-refractivity contribution in [3.63, 3.8) is 0 Å². The molecule has 0 saturated heterocycles. The third-order valence-electron chi connectivity index (χ3n) is 5.81. The number of hydrogen-bond donors (Lipinski definition) is 1. The van der Waals surface area contributed by atoms with Crippen LogP contribution in [0.3, 0.4) is 0 Å². The molecule has 0 radical (unpaired) electrons. The van der Waals surface area contributed by atoms with Crippen molar-refractivity contribution in [1.29, 1.82) is 0 Å². The van der Waals surface area contributed by atoms with Gasteiger partial charge in [-0.3, -0.25) is 14.4 Å². The highest BCUT2D eigenvalue weighted by Crippen LogP contribution is 2.34. The fourth-order valence-electron chi connectivity index (χ4n) is 4.01. The van der Waals surface area contributed by atoms with E-state index in [-0.39, 0.29) is 34.0 Å². The average molecular weight is 499 g/mol. The first kappa shape index (κ1) is 27.1. The van der Waals surface area contributed by atoms with Gasteiger partial charge < -0.3 is 14.3 Å². The van der Waals surface area contributed by atoms with Gasteiger partial charge in [-0.2, -0.15) is 0 Å². The van der Waals surface area contributed by atoms with Crippen LogP contribution in [0, 0.1) is 6.92 Å². The number of ketones is 2. The van der Waals surface area contributed by atoms with E-state index in [2.05, 4.69) is 6.58 Å². The van der Waals surface area contributed by atoms with Crippen LogP contribution < -0.4 is 10.2 Å². The van der Waals surface area contributed by atoms with E-state index in [1.54, 1.807) is 13.0 Å². The molecule has 6 nitrogen and oxygen atoms in total. The molecule has 1 N–H and O–H groups in total. The van der Waals surface area contributed by atoms with Crippen molar-refractivity contribution in [2.45, 2.75) is 33.1 Å². The van der Waals surface area contributed by atoms with Crippen molar-refractivity contribution in [3.8, 4) is 11.5 Å². The minimum absolute atomic E-state index is 0.119. The molecule has 0 saturated carbocycles. The van der Waals surface area contributed by atoms with E-state index in [4.69, 9.17) is 9.15 Å². The molecule has 1 atom stereocenters. The van der Waals surface area contributed by atoms with Crippen molar-refractivity contribution < 1.29 is 23.8 Å². The largest absolute Gasteiger partial charge is 0.507 e. The van der Waals surface area contributed by atoms with Crippen LogP contribution >= 0.6 is 0 Å². The minimum atomic E-state index is -0.248. The quantitative estimate of drug-likeness (QED) is 0.335. The van der Waals surface area contributed by atoms with Crippen LogP contribution in [0.15, 0.2) is 99.8 Å². The predicted octanol–water partition coefficient (Wildman–Crippen LogP) is 5.91. The number of methoxy groups -OCH3 is 1. The standard InChI is InChI=1S/C16H18O4.C15H12O2/c1-9(2)5-6-11-14(19-4)8-13(18)15-12(17)7-10(3)20-16(11)15;1-2-13(11-6-4-3-5-7-11)14-10-12(16)8-9-15(14)17/h5,7-8,18H,6H2,1-4H3;2-10,13H,1H2. The third-order valence-corrected chi connectivity index (χ3v) is 5.81. The number of aryl methyl sites for hydroxylation is 1. The summed E-state index contributed by atoms with van der Waals surface area (Å²) in [4.78, 5) is 35.1. The lowest BCUT2D eigenvalue weighted by molar-refractivity contribution is -0.114. The van der Waals surface area contributed by atoms with E-state index in [0.717, 1.165) is 16.7 Å². The Balaban J connectivity index is 0.000000208. The van der Waals surface area contributed by atoms with Gasteiger partial charge in [-0.25, -0.2) is 0 Å². The second-order valence-electron chi connectivity index (χ2n) is 8.81. The Bertz CT molecular complexity index is 1480. The number of ether oxygens (including phenoxy) is 1. The lowest BCUT2D eigenvalue weighted by atomic mass is 9.86. The summed E-state index contributed by atoms with van der Waals surface area (Å²) in [6, 6.07) is 12.4. The van der Waals surface area contributed by atoms with Gasteiger partial charge in [0.2, 0.25) is 0 Å². The molecule has 0 spiro atoms. The lowest BCUT2D eigenvalue weighted by Crippen LogP contribution is -2.13. The van der Waals surface area contributed by atoms with Crippen molar-refractivity contribution in [2.24, 2.45) is 0 Å². The predicted molar refractivity (Wildman–Crippen MR) is 145 cm³/mol. The maximum Gasteiger partial charge on any atom is 0.196 e. The number of aromatic hydroxyl groups is 1. The first-order valence-electron chi connectivity index (χ1n) is 11.8. The molecule has 0 fully saturated rings. The number of carbonyl (C=O) groups is 2. The minimum Gasteiger partial charge on any atom is -0.507 e. The second-order valence-corrected chi connectivity index (χ2v) is 8.81. The lowest BCUT2D eigenvalue weighted by Gasteiger charge is -2.16. The molecule has 1 aliphatic rings. The van der Waals surface area contributed by atoms with E-state index in [1.165, 1.54) is 37.5 Å². The Kier molecular flexibility index (Phi) is 8.80. The number of phenols is 1. The van der Waals surface area contributed by atoms with Crippen molar-refractivity contribution >= 4 is 22.5 Å². The molecule has 0 bridgehead atoms. The topological polar surface area (TPSA) is 93.8 Å². The number of phenolic OH excluding ortho intramolecular Hbond substituents is 1. The monoisotopic (exact) mass is 498 g/mol. The maximum atomic E-state index is 12.0. The molecule has 6 heteroatoms. The zero-order chi connectivity index (χ0) is 27.1. The molecule has 0 amide bonds. The van der Waals surface area contributed by atoms with E-state index in [1.807, 2.05) is 50.3 Å². The zero-order valence-electron chi connectivity index (χ0n) is 21.4. The van der Waals surface area contributed by atoms with Gasteiger partial charge in [-0.1, -0.05) is 48.1 Å². The van der Waals surface area contributed by atoms with Crippen molar-refractivity contribution in [3.05, 3.63) is 118 Å². The van der Waals surface area contributed by atoms with Gasteiger partial charge in [0.1, 0.15) is 28.2 Å². The highest BCUT2D eigenvalue weighted by molar-refractivity contribution is 6.18. The van der Waals surface area contributed by atoms with Gasteiger partial charge in [0.15, 0.2) is 17.0 Å². The van der Waals surface area contributed by atoms with Gasteiger partial charge in [-0.15, -0.1) is 6.58 Å². The molecule has 0 aliphatic heterocycles. The van der Waals surface area contributed by atoms with Crippen LogP contribution in [0.2, 0.25) is 0 Å². The van der Waals surface area contributed by atoms with Crippen LogP contribution in [0.4, 0.5) is 0 Å². The van der Waals surface area contributed by atoms with E-state index in [0.29, 0.717) is 29.1 Å². The Hall–Kier alpha value is -4.45. The Morgan fingerprint density at radius 3 is 2.43 bits per heavy atom. The van der Waals surface area contributed by atoms with Crippen LogP contribution in [0.25, 0.3) is 11.0 Å². The smallest absolute Gasteiger partial charge is 0.196 e. The fourth-order valence-corrected chi connectivity index (χ4v) is 4.01. The van der Waals surface area contributed by atoms with Crippen LogP contribution in [-0.2, 0) is 16.0 Å². The molecule has 1 aromatic heterocycles. The number of carbonyl (C=O) groups excluding carboxylic acids is 2. The van der Waals surface area contributed by atoms with Crippen LogP contribution in [0.1, 0.15) is 36.7 Å². The number of fused-ring (bicyclic) bond motifs is 1. The van der Waals surface area contributed by atoms with Crippen LogP contribution in [-0.4, -0.2) is 23.8 Å². The average Bonchev–Trinajstić information content (AvgIpc) is 2.86. The van der Waals surface area contributed by atoms with Crippen molar-refractivity contribution in [1.82, 2.24) is 0 Å². The SMILES string of the molecule is C=CC(C1=CC(=O)C=CC1=O)c1ccccc1.COc1cc(O)c2c(=O)cc(C)oc2c1CC=C(C)C. The van der Waals surface area contributed by atoms with Gasteiger partial charge in [0.05, 0.1) is 7.11 Å². The van der Waals surface area contributed by atoms with E-state index in [9.17, 15) is 19.5 Å². The first-order valence-corrected chi connectivity index (χ1v) is 11.8. The summed E-state index contributed by atoms with van der Waals surface area (Å²) in [5, 5.41) is 10.2. The summed E-state index contributed by atoms with van der Waals surface area (Å²) < 4.78 is 11.0. The number of benzene rings is 2. The summed E-state index contributed by atoms with van der Waals surface area (Å²) in [7, 11) is 1.53.